The van der Waals surface area contributed by atoms with E-state index < -0.39 is 0 Å². The third kappa shape index (κ3) is 3.66. The Morgan fingerprint density at radius 2 is 2.04 bits per heavy atom. The summed E-state index contributed by atoms with van der Waals surface area (Å²) in [4.78, 5) is 21.3. The summed E-state index contributed by atoms with van der Waals surface area (Å²) < 4.78 is 0.802. The lowest BCUT2D eigenvalue weighted by Crippen LogP contribution is -2.46. The predicted molar refractivity (Wildman–Crippen MR) is 92.0 cm³/mol. The Labute approximate surface area is 145 Å². The number of pyridine rings is 1. The molecule has 122 valence electrons. The molecule has 1 aromatic heterocycles. The van der Waals surface area contributed by atoms with E-state index in [9.17, 15) is 10.1 Å². The van der Waals surface area contributed by atoms with Gasteiger partial charge < -0.3 is 9.80 Å². The summed E-state index contributed by atoms with van der Waals surface area (Å²) in [5.41, 5.74) is 0.561. The Balaban J connectivity index is 1.73. The van der Waals surface area contributed by atoms with Gasteiger partial charge in [0, 0.05) is 36.8 Å². The Bertz CT molecular complexity index is 622. The Kier molecular flexibility index (Phi) is 5.16. The normalized spacial score (nSPS) is 21.8. The summed E-state index contributed by atoms with van der Waals surface area (Å²) in [6.45, 7) is 3.32. The van der Waals surface area contributed by atoms with Crippen molar-refractivity contribution >= 4 is 27.7 Å². The number of carbonyl (C=O) groups excluding carboxylic acids is 1. The van der Waals surface area contributed by atoms with Gasteiger partial charge >= 0.3 is 0 Å². The summed E-state index contributed by atoms with van der Waals surface area (Å²) in [6, 6.07) is 4.00. The van der Waals surface area contributed by atoms with Crippen molar-refractivity contribution in [3.63, 3.8) is 0 Å². The zero-order valence-corrected chi connectivity index (χ0v) is 14.8. The van der Waals surface area contributed by atoms with Crippen molar-refractivity contribution in [1.29, 1.82) is 5.26 Å². The molecule has 0 bridgehead atoms. The third-order valence-corrected chi connectivity index (χ3v) is 5.13. The van der Waals surface area contributed by atoms with E-state index in [0.29, 0.717) is 17.9 Å². The molecule has 2 aliphatic heterocycles. The van der Waals surface area contributed by atoms with Crippen LogP contribution in [0.25, 0.3) is 0 Å². The van der Waals surface area contributed by atoms with Crippen LogP contribution in [0.5, 0.6) is 0 Å². The van der Waals surface area contributed by atoms with Gasteiger partial charge in [-0.3, -0.25) is 4.79 Å². The van der Waals surface area contributed by atoms with Crippen LogP contribution in [-0.2, 0) is 4.79 Å². The van der Waals surface area contributed by atoms with Crippen molar-refractivity contribution in [2.45, 2.75) is 32.1 Å². The lowest BCUT2D eigenvalue weighted by molar-refractivity contribution is -0.136. The van der Waals surface area contributed by atoms with Gasteiger partial charge in [-0.15, -0.1) is 0 Å². The fraction of sp³-hybridized carbons (Fsp3) is 0.588. The number of piperidine rings is 2. The fourth-order valence-corrected chi connectivity index (χ4v) is 3.84. The second-order valence-electron chi connectivity index (χ2n) is 6.31. The quantitative estimate of drug-likeness (QED) is 0.795. The molecule has 0 aliphatic carbocycles. The van der Waals surface area contributed by atoms with Crippen molar-refractivity contribution in [2.75, 3.05) is 31.1 Å². The maximum Gasteiger partial charge on any atom is 0.227 e. The zero-order valence-electron chi connectivity index (χ0n) is 13.2. The smallest absolute Gasteiger partial charge is 0.227 e. The molecule has 1 unspecified atom stereocenters. The third-order valence-electron chi connectivity index (χ3n) is 4.69. The number of rotatable bonds is 2. The van der Waals surface area contributed by atoms with E-state index in [4.69, 9.17) is 0 Å². The highest BCUT2D eigenvalue weighted by Gasteiger charge is 2.31. The molecule has 3 rings (SSSR count). The topological polar surface area (TPSA) is 60.2 Å². The number of anilines is 1. The molecule has 0 radical (unpaired) electrons. The van der Waals surface area contributed by atoms with E-state index in [-0.39, 0.29) is 11.8 Å². The van der Waals surface area contributed by atoms with Gasteiger partial charge in [-0.05, 0) is 54.1 Å². The minimum Gasteiger partial charge on any atom is -0.355 e. The molecule has 2 saturated heterocycles. The number of likely N-dealkylation sites (tertiary alicyclic amines) is 1. The summed E-state index contributed by atoms with van der Waals surface area (Å²) in [5, 5.41) is 9.34. The van der Waals surface area contributed by atoms with Gasteiger partial charge in [0.2, 0.25) is 5.91 Å². The lowest BCUT2D eigenvalue weighted by Gasteiger charge is -2.37. The zero-order chi connectivity index (χ0) is 16.2. The molecule has 6 heteroatoms. The second kappa shape index (κ2) is 7.31. The Morgan fingerprint density at radius 3 is 2.78 bits per heavy atom. The first-order valence-electron chi connectivity index (χ1n) is 8.28. The molecule has 0 N–H and O–H groups in total. The van der Waals surface area contributed by atoms with Crippen molar-refractivity contribution in [3.05, 3.63) is 22.3 Å². The largest absolute Gasteiger partial charge is 0.355 e. The van der Waals surface area contributed by atoms with Gasteiger partial charge in [0.15, 0.2) is 0 Å². The minimum absolute atomic E-state index is 0.0267. The molecule has 3 heterocycles. The average Bonchev–Trinajstić information content (AvgIpc) is 2.61. The van der Waals surface area contributed by atoms with Crippen LogP contribution in [0.3, 0.4) is 0 Å². The summed E-state index contributed by atoms with van der Waals surface area (Å²) in [6.07, 6.45) is 7.09. The number of hydrogen-bond acceptors (Lipinski definition) is 4. The molecule has 23 heavy (non-hydrogen) atoms. The number of nitrogens with zero attached hydrogens (tertiary/aromatic N) is 4. The maximum absolute atomic E-state index is 12.7. The molecule has 1 aromatic rings. The van der Waals surface area contributed by atoms with E-state index in [0.717, 1.165) is 49.8 Å². The van der Waals surface area contributed by atoms with Crippen LogP contribution in [-0.4, -0.2) is 42.0 Å². The second-order valence-corrected chi connectivity index (χ2v) is 7.22. The highest BCUT2D eigenvalue weighted by Crippen LogP contribution is 2.27. The first kappa shape index (κ1) is 16.3. The molecule has 2 fully saturated rings. The molecule has 0 spiro atoms. The van der Waals surface area contributed by atoms with E-state index in [1.807, 2.05) is 4.90 Å². The molecule has 1 amide bonds. The van der Waals surface area contributed by atoms with Crippen LogP contribution in [0.2, 0.25) is 0 Å². The highest BCUT2D eigenvalue weighted by atomic mass is 79.9. The van der Waals surface area contributed by atoms with Gasteiger partial charge in [-0.1, -0.05) is 0 Å². The maximum atomic E-state index is 12.7. The van der Waals surface area contributed by atoms with Gasteiger partial charge in [0.1, 0.15) is 11.9 Å². The SMILES string of the molecule is N#Cc1cc(Br)cnc1N1CCCC(C(=O)N2CCCCC2)C1. The number of nitriles is 1. The van der Waals surface area contributed by atoms with E-state index in [1.165, 1.54) is 6.42 Å². The van der Waals surface area contributed by atoms with Crippen LogP contribution in [0.4, 0.5) is 5.82 Å². The standard InChI is InChI=1S/C17H21BrN4O/c18-15-9-14(10-19)16(20-11-15)22-8-4-5-13(12-22)17(23)21-6-2-1-3-7-21/h9,11,13H,1-8,12H2. The molecular weight excluding hydrogens is 356 g/mol. The Hall–Kier alpha value is -1.61. The van der Waals surface area contributed by atoms with E-state index in [1.54, 1.807) is 12.3 Å². The monoisotopic (exact) mass is 376 g/mol. The number of halogens is 1. The van der Waals surface area contributed by atoms with Crippen LogP contribution in [0.15, 0.2) is 16.7 Å². The summed E-state index contributed by atoms with van der Waals surface area (Å²) in [7, 11) is 0. The first-order chi connectivity index (χ1) is 11.2. The summed E-state index contributed by atoms with van der Waals surface area (Å²) >= 11 is 3.36. The van der Waals surface area contributed by atoms with Crippen molar-refractivity contribution in [3.8, 4) is 6.07 Å². The van der Waals surface area contributed by atoms with Crippen molar-refractivity contribution < 1.29 is 4.79 Å². The highest BCUT2D eigenvalue weighted by molar-refractivity contribution is 9.10. The predicted octanol–water partition coefficient (Wildman–Crippen LogP) is 2.94. The van der Waals surface area contributed by atoms with Gasteiger partial charge in [-0.2, -0.15) is 5.26 Å². The molecule has 1 atom stereocenters. The Morgan fingerprint density at radius 1 is 1.26 bits per heavy atom. The first-order valence-corrected chi connectivity index (χ1v) is 9.07. The minimum atomic E-state index is 0.0267. The molecule has 5 nitrogen and oxygen atoms in total. The molecular formula is C17H21BrN4O. The molecule has 0 saturated carbocycles. The van der Waals surface area contributed by atoms with Crippen molar-refractivity contribution in [2.24, 2.45) is 5.92 Å². The van der Waals surface area contributed by atoms with Crippen molar-refractivity contribution in [1.82, 2.24) is 9.88 Å². The number of aromatic nitrogens is 1. The summed E-state index contributed by atoms with van der Waals surface area (Å²) in [5.74, 6) is 1.01. The number of amides is 1. The van der Waals surface area contributed by atoms with Crippen LogP contribution >= 0.6 is 15.9 Å². The van der Waals surface area contributed by atoms with Crippen LogP contribution in [0, 0.1) is 17.2 Å². The van der Waals surface area contributed by atoms with Crippen LogP contribution in [0.1, 0.15) is 37.7 Å². The van der Waals surface area contributed by atoms with E-state index in [2.05, 4.69) is 31.9 Å². The number of carbonyl (C=O) groups is 1. The fourth-order valence-electron chi connectivity index (χ4n) is 3.51. The van der Waals surface area contributed by atoms with Gasteiger partial charge in [-0.25, -0.2) is 4.98 Å². The van der Waals surface area contributed by atoms with Gasteiger partial charge in [0.05, 0.1) is 11.5 Å². The molecule has 0 aromatic carbocycles. The number of hydrogen-bond donors (Lipinski definition) is 0. The van der Waals surface area contributed by atoms with E-state index >= 15 is 0 Å². The molecule has 2 aliphatic rings. The lowest BCUT2D eigenvalue weighted by atomic mass is 9.95. The van der Waals surface area contributed by atoms with Gasteiger partial charge in [0.25, 0.3) is 0 Å². The van der Waals surface area contributed by atoms with Crippen LogP contribution < -0.4 is 4.90 Å². The average molecular weight is 377 g/mol.